The van der Waals surface area contributed by atoms with Crippen LogP contribution in [0, 0.1) is 12.7 Å². The first-order valence-electron chi connectivity index (χ1n) is 9.75. The maximum Gasteiger partial charge on any atom is 0.254 e. The Morgan fingerprint density at radius 3 is 2.73 bits per heavy atom. The quantitative estimate of drug-likeness (QED) is 0.574. The van der Waals surface area contributed by atoms with E-state index >= 15 is 0 Å². The van der Waals surface area contributed by atoms with Gasteiger partial charge in [-0.15, -0.1) is 0 Å². The molecule has 9 heteroatoms. The highest BCUT2D eigenvalue weighted by Gasteiger charge is 2.33. The van der Waals surface area contributed by atoms with Crippen LogP contribution >= 0.6 is 11.5 Å². The van der Waals surface area contributed by atoms with Crippen molar-refractivity contribution >= 4 is 23.5 Å². The minimum absolute atomic E-state index is 0.136. The summed E-state index contributed by atoms with van der Waals surface area (Å²) in [5.74, 6) is 0.947. The number of benzene rings is 1. The predicted octanol–water partition coefficient (Wildman–Crippen LogP) is 4.07. The van der Waals surface area contributed by atoms with Crippen LogP contribution in [0.5, 0.6) is 0 Å². The first kappa shape index (κ1) is 20.2. The number of rotatable bonds is 5. The van der Waals surface area contributed by atoms with Crippen molar-refractivity contribution < 1.29 is 13.9 Å². The van der Waals surface area contributed by atoms with E-state index in [0.717, 1.165) is 22.2 Å². The van der Waals surface area contributed by atoms with E-state index in [-0.39, 0.29) is 17.8 Å². The number of fused-ring (bicyclic) bond motifs is 1. The van der Waals surface area contributed by atoms with Crippen LogP contribution in [0.4, 0.5) is 4.39 Å². The van der Waals surface area contributed by atoms with Crippen LogP contribution in [0.25, 0.3) is 16.9 Å². The van der Waals surface area contributed by atoms with E-state index in [1.807, 2.05) is 26.8 Å². The third-order valence-corrected chi connectivity index (χ3v) is 5.82. The highest BCUT2D eigenvalue weighted by molar-refractivity contribution is 7.09. The standard InChI is InChI=1S/C21H22FN5O2S/c1-4-29-12-9-17-18-13(2)26(21(28)15-5-7-16(22)8-6-15)10-11-27(18)19(24-17)20-23-14(3)25-30-20/h5-9,12-13H,4,10-11H2,1-3H3. The smallest absolute Gasteiger partial charge is 0.254 e. The summed E-state index contributed by atoms with van der Waals surface area (Å²) in [6.07, 6.45) is 3.43. The van der Waals surface area contributed by atoms with Gasteiger partial charge < -0.3 is 14.2 Å². The zero-order valence-electron chi connectivity index (χ0n) is 17.0. The molecule has 1 aliphatic rings. The molecule has 1 aliphatic heterocycles. The summed E-state index contributed by atoms with van der Waals surface area (Å²) < 4.78 is 25.0. The molecule has 156 valence electrons. The molecule has 0 bridgehead atoms. The predicted molar refractivity (Wildman–Crippen MR) is 112 cm³/mol. The van der Waals surface area contributed by atoms with Crippen molar-refractivity contribution in [2.75, 3.05) is 13.2 Å². The van der Waals surface area contributed by atoms with Crippen LogP contribution in [-0.2, 0) is 11.3 Å². The summed E-state index contributed by atoms with van der Waals surface area (Å²) in [6, 6.07) is 5.41. The fourth-order valence-corrected chi connectivity index (χ4v) is 4.29. The van der Waals surface area contributed by atoms with Gasteiger partial charge in [-0.3, -0.25) is 4.79 Å². The molecule has 1 atom stereocenters. The second-order valence-corrected chi connectivity index (χ2v) is 7.70. The summed E-state index contributed by atoms with van der Waals surface area (Å²) in [5.41, 5.74) is 2.11. The molecule has 0 saturated heterocycles. The van der Waals surface area contributed by atoms with E-state index in [1.54, 1.807) is 11.2 Å². The third-order valence-electron chi connectivity index (χ3n) is 5.02. The lowest BCUT2D eigenvalue weighted by Gasteiger charge is -2.35. The Labute approximate surface area is 178 Å². The molecule has 3 aromatic rings. The summed E-state index contributed by atoms with van der Waals surface area (Å²) in [7, 11) is 0. The van der Waals surface area contributed by atoms with Gasteiger partial charge in [0.1, 0.15) is 11.6 Å². The monoisotopic (exact) mass is 427 g/mol. The number of halogens is 1. The Bertz CT molecular complexity index is 1090. The minimum Gasteiger partial charge on any atom is -0.501 e. The summed E-state index contributed by atoms with van der Waals surface area (Å²) in [4.78, 5) is 24.2. The van der Waals surface area contributed by atoms with Gasteiger partial charge in [-0.05, 0) is 56.6 Å². The Morgan fingerprint density at radius 2 is 2.07 bits per heavy atom. The molecule has 4 rings (SSSR count). The molecule has 3 heterocycles. The number of nitrogens with zero attached hydrogens (tertiary/aromatic N) is 5. The second kappa shape index (κ2) is 8.35. The van der Waals surface area contributed by atoms with Crippen molar-refractivity contribution in [2.24, 2.45) is 0 Å². The van der Waals surface area contributed by atoms with Gasteiger partial charge in [-0.1, -0.05) is 0 Å². The molecule has 1 amide bonds. The van der Waals surface area contributed by atoms with E-state index in [9.17, 15) is 9.18 Å². The van der Waals surface area contributed by atoms with E-state index in [4.69, 9.17) is 9.72 Å². The number of hydrogen-bond acceptors (Lipinski definition) is 6. The lowest BCUT2D eigenvalue weighted by atomic mass is 10.1. The van der Waals surface area contributed by atoms with Crippen molar-refractivity contribution in [1.82, 2.24) is 23.8 Å². The normalized spacial score (nSPS) is 16.1. The maximum atomic E-state index is 13.3. The van der Waals surface area contributed by atoms with Crippen molar-refractivity contribution in [3.05, 3.63) is 59.1 Å². The van der Waals surface area contributed by atoms with Crippen LogP contribution in [0.3, 0.4) is 0 Å². The van der Waals surface area contributed by atoms with Gasteiger partial charge in [0.2, 0.25) is 0 Å². The fraction of sp³-hybridized carbons (Fsp3) is 0.333. The van der Waals surface area contributed by atoms with Gasteiger partial charge in [0.05, 0.1) is 30.3 Å². The molecule has 7 nitrogen and oxygen atoms in total. The molecule has 1 unspecified atom stereocenters. The second-order valence-electron chi connectivity index (χ2n) is 6.94. The average molecular weight is 428 g/mol. The maximum absolute atomic E-state index is 13.3. The number of carbonyl (C=O) groups excluding carboxylic acids is 1. The molecule has 30 heavy (non-hydrogen) atoms. The zero-order chi connectivity index (χ0) is 21.3. The van der Waals surface area contributed by atoms with Crippen molar-refractivity contribution in [1.29, 1.82) is 0 Å². The fourth-order valence-electron chi connectivity index (χ4n) is 3.62. The molecule has 0 saturated carbocycles. The Morgan fingerprint density at radius 1 is 1.30 bits per heavy atom. The molecular weight excluding hydrogens is 405 g/mol. The lowest BCUT2D eigenvalue weighted by Crippen LogP contribution is -2.41. The Balaban J connectivity index is 1.73. The van der Waals surface area contributed by atoms with Crippen LogP contribution in [-0.4, -0.2) is 42.9 Å². The minimum atomic E-state index is -0.364. The summed E-state index contributed by atoms with van der Waals surface area (Å²) in [5, 5.41) is 0.746. The number of aromatic nitrogens is 4. The first-order valence-corrected chi connectivity index (χ1v) is 10.5. The molecule has 0 spiro atoms. The van der Waals surface area contributed by atoms with E-state index in [2.05, 4.69) is 13.9 Å². The molecule has 0 aliphatic carbocycles. The van der Waals surface area contributed by atoms with Crippen LogP contribution in [0.15, 0.2) is 30.5 Å². The van der Waals surface area contributed by atoms with E-state index in [1.165, 1.54) is 35.8 Å². The highest BCUT2D eigenvalue weighted by atomic mass is 32.1. The van der Waals surface area contributed by atoms with Crippen LogP contribution < -0.4 is 0 Å². The number of hydrogen-bond donors (Lipinski definition) is 0. The SMILES string of the molecule is CCOC=Cc1nc(-c2nc(C)ns2)n2c1C(C)N(C(=O)c1ccc(F)cc1)CC2. The highest BCUT2D eigenvalue weighted by Crippen LogP contribution is 2.35. The lowest BCUT2D eigenvalue weighted by molar-refractivity contribution is 0.0644. The van der Waals surface area contributed by atoms with Gasteiger partial charge in [0.25, 0.3) is 5.91 Å². The van der Waals surface area contributed by atoms with Gasteiger partial charge in [-0.2, -0.15) is 4.37 Å². The van der Waals surface area contributed by atoms with Crippen LogP contribution in [0.2, 0.25) is 0 Å². The van der Waals surface area contributed by atoms with Gasteiger partial charge in [0, 0.05) is 24.7 Å². The average Bonchev–Trinajstić information content (AvgIpc) is 3.32. The summed E-state index contributed by atoms with van der Waals surface area (Å²) >= 11 is 1.31. The third kappa shape index (κ3) is 3.72. The zero-order valence-corrected chi connectivity index (χ0v) is 17.8. The van der Waals surface area contributed by atoms with E-state index < -0.39 is 0 Å². The molecule has 0 radical (unpaired) electrons. The van der Waals surface area contributed by atoms with Crippen molar-refractivity contribution in [3.8, 4) is 10.8 Å². The molecule has 0 N–H and O–H groups in total. The van der Waals surface area contributed by atoms with Gasteiger partial charge >= 0.3 is 0 Å². The first-order chi connectivity index (χ1) is 14.5. The van der Waals surface area contributed by atoms with E-state index in [0.29, 0.717) is 31.1 Å². The number of aryl methyl sites for hydroxylation is 1. The number of amides is 1. The van der Waals surface area contributed by atoms with Gasteiger partial charge in [-0.25, -0.2) is 14.4 Å². The summed E-state index contributed by atoms with van der Waals surface area (Å²) in [6.45, 7) is 7.38. The van der Waals surface area contributed by atoms with Gasteiger partial charge in [0.15, 0.2) is 10.8 Å². The molecular formula is C21H22FN5O2S. The Kier molecular flexibility index (Phi) is 5.63. The van der Waals surface area contributed by atoms with Crippen molar-refractivity contribution in [2.45, 2.75) is 33.4 Å². The Hall–Kier alpha value is -3.07. The van der Waals surface area contributed by atoms with Crippen molar-refractivity contribution in [3.63, 3.8) is 0 Å². The number of imidazole rings is 1. The molecule has 2 aromatic heterocycles. The molecule has 0 fully saturated rings. The number of ether oxygens (including phenoxy) is 1. The topological polar surface area (TPSA) is 73.1 Å². The molecule has 1 aromatic carbocycles. The largest absolute Gasteiger partial charge is 0.501 e. The number of carbonyl (C=O) groups is 1. The van der Waals surface area contributed by atoms with Crippen LogP contribution in [0.1, 0.15) is 47.5 Å².